The van der Waals surface area contributed by atoms with Crippen LogP contribution < -0.4 is 9.77 Å². The lowest BCUT2D eigenvalue weighted by Crippen LogP contribution is -2.39. The van der Waals surface area contributed by atoms with Crippen molar-refractivity contribution < 1.29 is 14.4 Å². The third kappa shape index (κ3) is 4.28. The number of rotatable bonds is 4. The number of fused-ring (bicyclic) bond motifs is 2. The molecule has 3 aliphatic rings. The molecule has 2 saturated heterocycles. The van der Waals surface area contributed by atoms with Crippen LogP contribution >= 0.6 is 39.0 Å². The Hall–Kier alpha value is -2.69. The van der Waals surface area contributed by atoms with Crippen molar-refractivity contribution in [3.8, 4) is 0 Å². The minimum atomic E-state index is -0.681. The minimum absolute atomic E-state index is 0.0465. The smallest absolute Gasteiger partial charge is 0.308 e. The summed E-state index contributed by atoms with van der Waals surface area (Å²) in [5.74, 6) is -1.71. The highest BCUT2D eigenvalue weighted by Gasteiger charge is 2.56. The van der Waals surface area contributed by atoms with Gasteiger partial charge in [-0.1, -0.05) is 69.4 Å². The van der Waals surface area contributed by atoms with E-state index < -0.39 is 17.1 Å². The molecule has 0 bridgehead atoms. The lowest BCUT2D eigenvalue weighted by molar-refractivity contribution is -0.133. The molecule has 3 atom stereocenters. The van der Waals surface area contributed by atoms with Gasteiger partial charge >= 0.3 is 4.87 Å². The van der Waals surface area contributed by atoms with Crippen molar-refractivity contribution in [1.29, 1.82) is 0 Å². The Bertz CT molecular complexity index is 1430. The first-order valence-electron chi connectivity index (χ1n) is 12.3. The average Bonchev–Trinajstić information content (AvgIpc) is 3.36. The Balaban J connectivity index is 1.42. The van der Waals surface area contributed by atoms with Crippen molar-refractivity contribution in [1.82, 2.24) is 9.47 Å². The van der Waals surface area contributed by atoms with Gasteiger partial charge in [-0.05, 0) is 49.1 Å². The molecule has 0 aliphatic carbocycles. The highest BCUT2D eigenvalue weighted by molar-refractivity contribution is 9.10. The molecule has 1 aromatic heterocycles. The number of hydrogen-bond donors (Lipinski definition) is 0. The Labute approximate surface area is 230 Å². The first-order chi connectivity index (χ1) is 17.9. The van der Waals surface area contributed by atoms with Crippen LogP contribution in [0.3, 0.4) is 0 Å². The van der Waals surface area contributed by atoms with Crippen LogP contribution in [0.4, 0.5) is 5.69 Å². The van der Waals surface area contributed by atoms with Crippen LogP contribution in [0.1, 0.15) is 35.6 Å². The van der Waals surface area contributed by atoms with Crippen molar-refractivity contribution in [2.24, 2.45) is 5.92 Å². The molecular weight excluding hydrogens is 574 g/mol. The third-order valence-electron chi connectivity index (χ3n) is 7.29. The molecule has 0 saturated carbocycles. The van der Waals surface area contributed by atoms with Gasteiger partial charge in [-0.3, -0.25) is 23.7 Å². The Kier molecular flexibility index (Phi) is 6.58. The second kappa shape index (κ2) is 9.89. The van der Waals surface area contributed by atoms with Gasteiger partial charge in [0, 0.05) is 28.4 Å². The van der Waals surface area contributed by atoms with E-state index in [4.69, 9.17) is 0 Å². The van der Waals surface area contributed by atoms with Gasteiger partial charge in [0.25, 0.3) is 0 Å². The summed E-state index contributed by atoms with van der Waals surface area (Å²) < 4.78 is 2.38. The van der Waals surface area contributed by atoms with Crippen LogP contribution in [-0.4, -0.2) is 45.5 Å². The lowest BCUT2D eigenvalue weighted by atomic mass is 9.83. The molecule has 37 heavy (non-hydrogen) atoms. The standard InChI is InChI=1S/C27H24BrN3O4S2/c28-17-9-11-18(12-10-17)31-24(33)21-20(16-7-3-1-4-8-16)23-26(36-22(21)25(31)34)30(27(35)37-23)15-19(32)29-13-5-2-6-14-29/h1,3-4,7-12,20-22H,2,5-6,13-15H2/t20-,21?,22?/m1/s1. The molecule has 2 aromatic carbocycles. The van der Waals surface area contributed by atoms with Crippen LogP contribution in [0.15, 0.2) is 68.9 Å². The maximum Gasteiger partial charge on any atom is 0.308 e. The number of aromatic nitrogens is 1. The summed E-state index contributed by atoms with van der Waals surface area (Å²) in [4.78, 5) is 57.5. The monoisotopic (exact) mass is 597 g/mol. The molecule has 2 fully saturated rings. The fourth-order valence-electron chi connectivity index (χ4n) is 5.50. The largest absolute Gasteiger partial charge is 0.341 e. The molecule has 0 spiro atoms. The first-order valence-corrected chi connectivity index (χ1v) is 14.8. The second-order valence-corrected chi connectivity index (χ2v) is 12.5. The van der Waals surface area contributed by atoms with Gasteiger partial charge in [0.1, 0.15) is 11.8 Å². The number of hydrogen-bond acceptors (Lipinski definition) is 6. The van der Waals surface area contributed by atoms with E-state index in [2.05, 4.69) is 15.9 Å². The number of thiazole rings is 1. The van der Waals surface area contributed by atoms with Crippen LogP contribution in [0.25, 0.3) is 0 Å². The summed E-state index contributed by atoms with van der Waals surface area (Å²) in [5.41, 5.74) is 1.41. The number of likely N-dealkylation sites (tertiary alicyclic amines) is 1. The van der Waals surface area contributed by atoms with E-state index in [0.717, 1.165) is 45.5 Å². The van der Waals surface area contributed by atoms with Crippen LogP contribution in [0, 0.1) is 5.92 Å². The van der Waals surface area contributed by atoms with E-state index in [1.807, 2.05) is 35.2 Å². The maximum atomic E-state index is 13.8. The molecular formula is C27H24BrN3O4S2. The Morgan fingerprint density at radius 3 is 2.32 bits per heavy atom. The van der Waals surface area contributed by atoms with Crippen LogP contribution in [-0.2, 0) is 20.9 Å². The molecule has 10 heteroatoms. The minimum Gasteiger partial charge on any atom is -0.341 e. The van der Waals surface area contributed by atoms with E-state index in [0.29, 0.717) is 23.8 Å². The zero-order valence-electron chi connectivity index (χ0n) is 19.8. The summed E-state index contributed by atoms with van der Waals surface area (Å²) in [6.45, 7) is 1.37. The normalized spacial score (nSPS) is 23.2. The van der Waals surface area contributed by atoms with E-state index in [9.17, 15) is 19.2 Å². The Morgan fingerprint density at radius 1 is 0.919 bits per heavy atom. The predicted octanol–water partition coefficient (Wildman–Crippen LogP) is 4.48. The number of thioether (sulfide) groups is 1. The number of nitrogens with zero attached hydrogens (tertiary/aromatic N) is 3. The molecule has 3 aliphatic heterocycles. The zero-order valence-corrected chi connectivity index (χ0v) is 23.1. The van der Waals surface area contributed by atoms with Crippen LogP contribution in [0.2, 0.25) is 0 Å². The van der Waals surface area contributed by atoms with E-state index in [1.165, 1.54) is 21.2 Å². The maximum absolute atomic E-state index is 13.8. The number of piperidine rings is 1. The van der Waals surface area contributed by atoms with E-state index in [1.54, 1.807) is 24.3 Å². The molecule has 0 N–H and O–H groups in total. The van der Waals surface area contributed by atoms with Crippen LogP contribution in [0.5, 0.6) is 0 Å². The molecule has 3 amide bonds. The summed E-state index contributed by atoms with van der Waals surface area (Å²) >= 11 is 5.75. The summed E-state index contributed by atoms with van der Waals surface area (Å²) in [5, 5.41) is -0.0477. The topological polar surface area (TPSA) is 79.7 Å². The van der Waals surface area contributed by atoms with Crippen molar-refractivity contribution in [3.05, 3.63) is 79.2 Å². The zero-order chi connectivity index (χ0) is 25.7. The molecule has 2 unspecified atom stereocenters. The van der Waals surface area contributed by atoms with Crippen molar-refractivity contribution in [3.63, 3.8) is 0 Å². The van der Waals surface area contributed by atoms with Gasteiger partial charge in [0.15, 0.2) is 0 Å². The number of benzene rings is 2. The molecule has 6 rings (SSSR count). The SMILES string of the molecule is O=C(Cn1c2c(sc1=O)[C@H](c1ccccc1)C1C(=O)N(c3ccc(Br)cc3)C(=O)C1S2)N1CCCCC1. The van der Waals surface area contributed by atoms with Gasteiger partial charge in [-0.15, -0.1) is 0 Å². The summed E-state index contributed by atoms with van der Waals surface area (Å²) in [6, 6.07) is 16.7. The summed E-state index contributed by atoms with van der Waals surface area (Å²) in [7, 11) is 0. The van der Waals surface area contributed by atoms with Crippen molar-refractivity contribution >= 4 is 62.4 Å². The molecule has 190 valence electrons. The number of anilines is 1. The number of halogens is 1. The second-order valence-electron chi connectivity index (χ2n) is 9.51. The van der Waals surface area contributed by atoms with Gasteiger partial charge in [0.05, 0.1) is 16.6 Å². The predicted molar refractivity (Wildman–Crippen MR) is 147 cm³/mol. The van der Waals surface area contributed by atoms with Gasteiger partial charge in [-0.25, -0.2) is 4.90 Å². The molecule has 0 radical (unpaired) electrons. The number of carbonyl (C=O) groups is 3. The first kappa shape index (κ1) is 24.6. The molecule has 3 aromatic rings. The van der Waals surface area contributed by atoms with Crippen molar-refractivity contribution in [2.45, 2.75) is 42.0 Å². The highest BCUT2D eigenvalue weighted by Crippen LogP contribution is 2.53. The van der Waals surface area contributed by atoms with Gasteiger partial charge in [0.2, 0.25) is 17.7 Å². The van der Waals surface area contributed by atoms with Gasteiger partial charge < -0.3 is 4.90 Å². The summed E-state index contributed by atoms with van der Waals surface area (Å²) in [6.07, 6.45) is 3.05. The fourth-order valence-corrected chi connectivity index (χ4v) is 8.54. The molecule has 4 heterocycles. The lowest BCUT2D eigenvalue weighted by Gasteiger charge is -2.31. The van der Waals surface area contributed by atoms with Crippen molar-refractivity contribution in [2.75, 3.05) is 18.0 Å². The fraction of sp³-hybridized carbons (Fsp3) is 0.333. The quantitative estimate of drug-likeness (QED) is 0.414. The third-order valence-corrected chi connectivity index (χ3v) is 10.4. The molecule has 7 nitrogen and oxygen atoms in total. The Morgan fingerprint density at radius 2 is 1.62 bits per heavy atom. The van der Waals surface area contributed by atoms with Gasteiger partial charge in [-0.2, -0.15) is 0 Å². The number of imide groups is 1. The number of amides is 3. The average molecular weight is 599 g/mol. The van der Waals surface area contributed by atoms with E-state index >= 15 is 0 Å². The van der Waals surface area contributed by atoms with E-state index in [-0.39, 0.29) is 29.1 Å². The number of carbonyl (C=O) groups excluding carboxylic acids is 3. The highest BCUT2D eigenvalue weighted by atomic mass is 79.9.